The van der Waals surface area contributed by atoms with Crippen LogP contribution in [-0.4, -0.2) is 62.1 Å². The van der Waals surface area contributed by atoms with E-state index in [-0.39, 0.29) is 31.3 Å². The minimum absolute atomic E-state index is 0.131. The first-order valence-electron chi connectivity index (χ1n) is 12.5. The molecule has 0 bridgehead atoms. The number of aromatic nitrogens is 1. The molecule has 0 saturated heterocycles. The summed E-state index contributed by atoms with van der Waals surface area (Å²) in [5.74, 6) is -1.81. The Morgan fingerprint density at radius 2 is 1.92 bits per heavy atom. The number of aliphatic hydroxyl groups excluding tert-OH is 4. The minimum Gasteiger partial charge on any atom is -0.457 e. The first-order chi connectivity index (χ1) is 16.9. The summed E-state index contributed by atoms with van der Waals surface area (Å²) < 4.78 is 5.75. The first-order valence-corrected chi connectivity index (χ1v) is 13.4. The van der Waals surface area contributed by atoms with Gasteiger partial charge >= 0.3 is 5.97 Å². The van der Waals surface area contributed by atoms with E-state index in [0.717, 1.165) is 17.6 Å². The van der Waals surface area contributed by atoms with E-state index in [1.54, 1.807) is 32.2 Å². The van der Waals surface area contributed by atoms with Crippen molar-refractivity contribution in [2.45, 2.75) is 91.6 Å². The topological polar surface area (TPSA) is 137 Å². The quantitative estimate of drug-likeness (QED) is 0.348. The van der Waals surface area contributed by atoms with Gasteiger partial charge < -0.3 is 25.2 Å². The molecule has 0 aliphatic carbocycles. The van der Waals surface area contributed by atoms with Gasteiger partial charge in [-0.05, 0) is 49.3 Å². The number of hydrogen-bond acceptors (Lipinski definition) is 9. The van der Waals surface area contributed by atoms with Crippen molar-refractivity contribution >= 4 is 29.2 Å². The molecular formula is C27H41NO7S. The molecule has 0 spiro atoms. The van der Waals surface area contributed by atoms with Gasteiger partial charge in [-0.15, -0.1) is 11.3 Å². The van der Waals surface area contributed by atoms with Crippen LogP contribution in [0.3, 0.4) is 0 Å². The Morgan fingerprint density at radius 1 is 1.22 bits per heavy atom. The van der Waals surface area contributed by atoms with E-state index in [1.807, 2.05) is 19.9 Å². The van der Waals surface area contributed by atoms with Crippen LogP contribution in [0.25, 0.3) is 6.08 Å². The Kier molecular flexibility index (Phi) is 11.4. The number of carbonyl (C=O) groups excluding carboxylic acids is 2. The van der Waals surface area contributed by atoms with E-state index in [4.69, 9.17) is 4.74 Å². The fourth-order valence-corrected chi connectivity index (χ4v) is 5.09. The predicted molar refractivity (Wildman–Crippen MR) is 139 cm³/mol. The standard InChI is InChI=1S/C27H41NO7S/c1-16-7-6-8-19(13-29)9-10-21(17(2)11-20-15-36-23(14-30)28-20)35-24(32)12-22(31)27(4,5)26(34)18(3)25(16)33/h9,11,15-16,18,21-22,25,29-31,33H,6-8,10,12-14H2,1-5H3/b17-11+,19-9+/t16-,18+,21-,22-,25?/m0/s1. The van der Waals surface area contributed by atoms with Crippen molar-refractivity contribution in [2.75, 3.05) is 6.61 Å². The van der Waals surface area contributed by atoms with Crippen molar-refractivity contribution < 1.29 is 34.8 Å². The molecular weight excluding hydrogens is 482 g/mol. The van der Waals surface area contributed by atoms with Crippen LogP contribution in [0.2, 0.25) is 0 Å². The van der Waals surface area contributed by atoms with Crippen LogP contribution in [0.15, 0.2) is 22.6 Å². The molecule has 8 nitrogen and oxygen atoms in total. The number of Topliss-reactive ketones (excluding diaryl/α,β-unsaturated/α-hetero) is 1. The largest absolute Gasteiger partial charge is 0.457 e. The van der Waals surface area contributed by atoms with Crippen LogP contribution in [0.5, 0.6) is 0 Å². The second-order valence-electron chi connectivity index (χ2n) is 10.4. The average Bonchev–Trinajstić information content (AvgIpc) is 3.30. The van der Waals surface area contributed by atoms with Gasteiger partial charge in [-0.1, -0.05) is 33.8 Å². The highest BCUT2D eigenvalue weighted by Gasteiger charge is 2.42. The van der Waals surface area contributed by atoms with Crippen LogP contribution >= 0.6 is 11.3 Å². The zero-order chi connectivity index (χ0) is 27.0. The van der Waals surface area contributed by atoms with Crippen LogP contribution in [-0.2, 0) is 20.9 Å². The molecule has 2 heterocycles. The fraction of sp³-hybridized carbons (Fsp3) is 0.667. The highest BCUT2D eigenvalue weighted by atomic mass is 32.1. The van der Waals surface area contributed by atoms with Gasteiger partial charge in [0.2, 0.25) is 0 Å². The third-order valence-corrected chi connectivity index (χ3v) is 8.03. The van der Waals surface area contributed by atoms with Gasteiger partial charge in [-0.25, -0.2) is 4.98 Å². The monoisotopic (exact) mass is 523 g/mol. The fourth-order valence-electron chi connectivity index (χ4n) is 4.48. The van der Waals surface area contributed by atoms with Gasteiger partial charge in [-0.2, -0.15) is 0 Å². The lowest BCUT2D eigenvalue weighted by Crippen LogP contribution is -2.45. The van der Waals surface area contributed by atoms with Crippen molar-refractivity contribution in [3.63, 3.8) is 0 Å². The number of esters is 1. The summed E-state index contributed by atoms with van der Waals surface area (Å²) >= 11 is 1.33. The first kappa shape index (κ1) is 30.3. The summed E-state index contributed by atoms with van der Waals surface area (Å²) in [7, 11) is 0. The number of thiazole rings is 1. The van der Waals surface area contributed by atoms with Crippen molar-refractivity contribution in [1.29, 1.82) is 0 Å². The molecule has 36 heavy (non-hydrogen) atoms. The molecule has 1 aromatic rings. The zero-order valence-electron chi connectivity index (χ0n) is 21.9. The van der Waals surface area contributed by atoms with Crippen LogP contribution < -0.4 is 0 Å². The highest BCUT2D eigenvalue weighted by molar-refractivity contribution is 7.09. The molecule has 4 N–H and O–H groups in total. The number of hydrogen-bond donors (Lipinski definition) is 4. The van der Waals surface area contributed by atoms with Crippen molar-refractivity contribution in [3.8, 4) is 0 Å². The van der Waals surface area contributed by atoms with E-state index < -0.39 is 35.6 Å². The van der Waals surface area contributed by atoms with Crippen LogP contribution in [0.4, 0.5) is 0 Å². The maximum Gasteiger partial charge on any atom is 0.309 e. The number of ether oxygens (including phenoxy) is 1. The molecule has 202 valence electrons. The molecule has 2 rings (SSSR count). The van der Waals surface area contributed by atoms with E-state index >= 15 is 0 Å². The maximum absolute atomic E-state index is 13.2. The van der Waals surface area contributed by atoms with Gasteiger partial charge in [-0.3, -0.25) is 9.59 Å². The van der Waals surface area contributed by atoms with Crippen molar-refractivity contribution in [2.24, 2.45) is 17.3 Å². The number of carbonyl (C=O) groups is 2. The Balaban J connectivity index is 2.37. The molecule has 1 aromatic heterocycles. The van der Waals surface area contributed by atoms with E-state index in [2.05, 4.69) is 4.98 Å². The van der Waals surface area contributed by atoms with Crippen molar-refractivity contribution in [1.82, 2.24) is 4.98 Å². The number of nitrogens with zero attached hydrogens (tertiary/aromatic N) is 1. The molecule has 1 aliphatic heterocycles. The molecule has 0 amide bonds. The summed E-state index contributed by atoms with van der Waals surface area (Å²) in [6.45, 7) is 8.26. The summed E-state index contributed by atoms with van der Waals surface area (Å²) in [5.41, 5.74) is 0.925. The van der Waals surface area contributed by atoms with E-state index in [9.17, 15) is 30.0 Å². The summed E-state index contributed by atoms with van der Waals surface area (Å²) in [5, 5.41) is 43.1. The maximum atomic E-state index is 13.2. The number of ketones is 1. The number of aliphatic hydroxyl groups is 4. The lowest BCUT2D eigenvalue weighted by atomic mass is 9.73. The minimum atomic E-state index is -1.28. The lowest BCUT2D eigenvalue weighted by molar-refractivity contribution is -0.154. The number of rotatable bonds is 4. The smallest absolute Gasteiger partial charge is 0.309 e. The second-order valence-corrected chi connectivity index (χ2v) is 11.3. The second kappa shape index (κ2) is 13.6. The Morgan fingerprint density at radius 3 is 2.53 bits per heavy atom. The third kappa shape index (κ3) is 8.05. The van der Waals surface area contributed by atoms with E-state index in [0.29, 0.717) is 30.0 Å². The number of cyclic esters (lactones) is 1. The summed E-state index contributed by atoms with van der Waals surface area (Å²) in [4.78, 5) is 30.4. The average molecular weight is 524 g/mol. The molecule has 0 saturated carbocycles. The van der Waals surface area contributed by atoms with E-state index in [1.165, 1.54) is 11.3 Å². The normalized spacial score (nSPS) is 31.0. The van der Waals surface area contributed by atoms with Crippen LogP contribution in [0.1, 0.15) is 77.4 Å². The Hall–Kier alpha value is -1.91. The van der Waals surface area contributed by atoms with Crippen molar-refractivity contribution in [3.05, 3.63) is 33.3 Å². The lowest BCUT2D eigenvalue weighted by Gasteiger charge is -2.34. The molecule has 0 fully saturated rings. The highest BCUT2D eigenvalue weighted by Crippen LogP contribution is 2.32. The van der Waals surface area contributed by atoms with Gasteiger partial charge in [0.05, 0.1) is 43.0 Å². The molecule has 1 aliphatic rings. The van der Waals surface area contributed by atoms with Gasteiger partial charge in [0.1, 0.15) is 16.9 Å². The molecule has 5 atom stereocenters. The summed E-state index contributed by atoms with van der Waals surface area (Å²) in [6.07, 6.45) is 2.81. The molecule has 0 radical (unpaired) electrons. The van der Waals surface area contributed by atoms with Gasteiger partial charge in [0.15, 0.2) is 0 Å². The third-order valence-electron chi connectivity index (χ3n) is 7.18. The molecule has 1 unspecified atom stereocenters. The van der Waals surface area contributed by atoms with Gasteiger partial charge in [0, 0.05) is 17.7 Å². The Labute approximate surface area is 217 Å². The molecule has 9 heteroatoms. The SMILES string of the molecule is C/C(=C\c1csc(CO)n1)[C@@H]1C/C=C(/CO)CCC[C@H](C)C(O)[C@@H](C)C(=O)C(C)(C)[C@@H](O)CC(=O)O1. The Bertz CT molecular complexity index is 952. The summed E-state index contributed by atoms with van der Waals surface area (Å²) in [6, 6.07) is 0. The van der Waals surface area contributed by atoms with Crippen LogP contribution in [0, 0.1) is 17.3 Å². The predicted octanol–water partition coefficient (Wildman–Crippen LogP) is 3.42. The molecule has 0 aromatic carbocycles. The zero-order valence-corrected chi connectivity index (χ0v) is 22.8. The van der Waals surface area contributed by atoms with Gasteiger partial charge in [0.25, 0.3) is 0 Å².